The second-order valence-corrected chi connectivity index (χ2v) is 6.37. The van der Waals surface area contributed by atoms with Crippen LogP contribution in [-0.2, 0) is 6.54 Å². The molecule has 8 heteroatoms. The molecule has 0 saturated carbocycles. The molecule has 0 amide bonds. The summed E-state index contributed by atoms with van der Waals surface area (Å²) in [7, 11) is 0. The first-order chi connectivity index (χ1) is 11.7. The van der Waals surface area contributed by atoms with E-state index < -0.39 is 0 Å². The number of hydrogen-bond donors (Lipinski definition) is 3. The molecule has 0 aliphatic heterocycles. The third-order valence-electron chi connectivity index (χ3n) is 3.73. The number of aliphatic hydroxyl groups excluding tert-OH is 1. The Kier molecular flexibility index (Phi) is 3.66. The lowest BCUT2D eigenvalue weighted by atomic mass is 10.1. The van der Waals surface area contributed by atoms with Crippen molar-refractivity contribution in [2.75, 3.05) is 0 Å². The fourth-order valence-electron chi connectivity index (χ4n) is 2.56. The molecule has 1 aliphatic carbocycles. The minimum Gasteiger partial charge on any atom is -0.506 e. The summed E-state index contributed by atoms with van der Waals surface area (Å²) in [6.07, 6.45) is 5.44. The molecule has 0 spiro atoms. The van der Waals surface area contributed by atoms with Crippen molar-refractivity contribution >= 4 is 17.1 Å². The van der Waals surface area contributed by atoms with Gasteiger partial charge in [-0.2, -0.15) is 9.50 Å². The Hall–Kier alpha value is -2.87. The van der Waals surface area contributed by atoms with Crippen LogP contribution >= 0.6 is 11.3 Å². The lowest BCUT2D eigenvalue weighted by Crippen LogP contribution is -2.21. The van der Waals surface area contributed by atoms with Crippen molar-refractivity contribution in [2.45, 2.75) is 19.4 Å². The number of aliphatic hydroxyl groups is 1. The first-order valence-corrected chi connectivity index (χ1v) is 8.45. The highest BCUT2D eigenvalue weighted by molar-refractivity contribution is 7.13. The predicted octanol–water partition coefficient (Wildman–Crippen LogP) is 2.36. The second kappa shape index (κ2) is 5.97. The second-order valence-electron chi connectivity index (χ2n) is 5.42. The molecular formula is C16H15N5O2S. The lowest BCUT2D eigenvalue weighted by Gasteiger charge is -2.13. The minimum atomic E-state index is -0.242. The monoisotopic (exact) mass is 341 g/mol. The molecule has 24 heavy (non-hydrogen) atoms. The number of aromatic amines is 1. The predicted molar refractivity (Wildman–Crippen MR) is 91.8 cm³/mol. The van der Waals surface area contributed by atoms with Crippen LogP contribution in [0.15, 0.2) is 52.0 Å². The fourth-order valence-corrected chi connectivity index (χ4v) is 3.21. The molecule has 0 bridgehead atoms. The minimum absolute atomic E-state index is 0.242. The third-order valence-corrected chi connectivity index (χ3v) is 4.59. The van der Waals surface area contributed by atoms with Gasteiger partial charge in [-0.25, -0.2) is 0 Å². The highest BCUT2D eigenvalue weighted by Gasteiger charge is 2.12. The molecule has 7 nitrogen and oxygen atoms in total. The number of H-pyrrole nitrogens is 1. The molecule has 3 aromatic heterocycles. The summed E-state index contributed by atoms with van der Waals surface area (Å²) >= 11 is 1.52. The molecule has 0 fully saturated rings. The van der Waals surface area contributed by atoms with E-state index in [1.165, 1.54) is 21.9 Å². The maximum atomic E-state index is 12.2. The van der Waals surface area contributed by atoms with Crippen LogP contribution < -0.4 is 10.9 Å². The molecule has 0 aromatic carbocycles. The van der Waals surface area contributed by atoms with Crippen molar-refractivity contribution < 1.29 is 5.11 Å². The Bertz CT molecular complexity index is 997. The molecule has 0 atom stereocenters. The highest BCUT2D eigenvalue weighted by Crippen LogP contribution is 2.20. The quantitative estimate of drug-likeness (QED) is 0.677. The third kappa shape index (κ3) is 2.71. The van der Waals surface area contributed by atoms with Gasteiger partial charge in [0.1, 0.15) is 5.76 Å². The van der Waals surface area contributed by atoms with Gasteiger partial charge in [-0.05, 0) is 30.4 Å². The van der Waals surface area contributed by atoms with Gasteiger partial charge >= 0.3 is 0 Å². The molecule has 4 rings (SSSR count). The van der Waals surface area contributed by atoms with Gasteiger partial charge in [0.15, 0.2) is 5.82 Å². The van der Waals surface area contributed by atoms with E-state index in [4.69, 9.17) is 0 Å². The molecule has 3 N–H and O–H groups in total. The number of thiophene rings is 1. The van der Waals surface area contributed by atoms with Gasteiger partial charge in [0.25, 0.3) is 5.56 Å². The van der Waals surface area contributed by atoms with Gasteiger partial charge in [0, 0.05) is 11.8 Å². The summed E-state index contributed by atoms with van der Waals surface area (Å²) in [5, 5.41) is 19.1. The lowest BCUT2D eigenvalue weighted by molar-refractivity contribution is 0.406. The summed E-state index contributed by atoms with van der Waals surface area (Å²) in [5.41, 5.74) is 1.12. The van der Waals surface area contributed by atoms with Crippen LogP contribution in [0, 0.1) is 0 Å². The number of hydrogen-bond acceptors (Lipinski definition) is 6. The van der Waals surface area contributed by atoms with E-state index in [0.29, 0.717) is 29.5 Å². The van der Waals surface area contributed by atoms with Gasteiger partial charge in [-0.15, -0.1) is 16.4 Å². The number of fused-ring (bicyclic) bond motifs is 1. The van der Waals surface area contributed by atoms with Crippen LogP contribution in [-0.4, -0.2) is 24.7 Å². The number of nitrogens with zero attached hydrogens (tertiary/aromatic N) is 3. The van der Waals surface area contributed by atoms with Crippen molar-refractivity contribution in [1.29, 1.82) is 0 Å². The normalized spacial score (nSPS) is 14.5. The van der Waals surface area contributed by atoms with Crippen LogP contribution in [0.1, 0.15) is 18.5 Å². The van der Waals surface area contributed by atoms with Crippen molar-refractivity contribution in [3.8, 4) is 10.7 Å². The Morgan fingerprint density at radius 1 is 1.38 bits per heavy atom. The van der Waals surface area contributed by atoms with E-state index in [2.05, 4.69) is 20.4 Å². The van der Waals surface area contributed by atoms with Crippen LogP contribution in [0.4, 0.5) is 0 Å². The number of aromatic nitrogens is 4. The van der Waals surface area contributed by atoms with Crippen LogP contribution in [0.2, 0.25) is 0 Å². The standard InChI is InChI=1S/C16H15N5O2S/c22-12-5-2-1-4-11(12)17-9-10-8-14(23)21-16(18-10)19-15(20-21)13-6-3-7-24-13/h3-8,17,22H,1-2,9H2,(H,18,19,20). The van der Waals surface area contributed by atoms with E-state index in [1.807, 2.05) is 23.6 Å². The Morgan fingerprint density at radius 2 is 2.25 bits per heavy atom. The molecular weight excluding hydrogens is 326 g/mol. The smallest absolute Gasteiger partial charge is 0.275 e. The van der Waals surface area contributed by atoms with Gasteiger partial charge in [-0.3, -0.25) is 4.79 Å². The average molecular weight is 341 g/mol. The van der Waals surface area contributed by atoms with Crippen LogP contribution in [0.5, 0.6) is 0 Å². The number of nitrogens with one attached hydrogen (secondary N) is 2. The van der Waals surface area contributed by atoms with E-state index in [1.54, 1.807) is 6.08 Å². The zero-order valence-electron chi connectivity index (χ0n) is 12.7. The van der Waals surface area contributed by atoms with Gasteiger partial charge in [0.05, 0.1) is 17.1 Å². The molecule has 122 valence electrons. The molecule has 3 aromatic rings. The van der Waals surface area contributed by atoms with E-state index in [9.17, 15) is 9.90 Å². The van der Waals surface area contributed by atoms with E-state index in [-0.39, 0.29) is 11.3 Å². The molecule has 1 aliphatic rings. The van der Waals surface area contributed by atoms with Gasteiger partial charge in [-0.1, -0.05) is 12.1 Å². The summed E-state index contributed by atoms with van der Waals surface area (Å²) < 4.78 is 1.26. The van der Waals surface area contributed by atoms with E-state index in [0.717, 1.165) is 17.7 Å². The molecule has 0 saturated heterocycles. The highest BCUT2D eigenvalue weighted by atomic mass is 32.1. The summed E-state index contributed by atoms with van der Waals surface area (Å²) in [6, 6.07) is 5.31. The molecule has 0 radical (unpaired) electrons. The molecule has 0 unspecified atom stereocenters. The summed E-state index contributed by atoms with van der Waals surface area (Å²) in [4.78, 5) is 20.6. The zero-order valence-corrected chi connectivity index (χ0v) is 13.5. The maximum absolute atomic E-state index is 12.2. The average Bonchev–Trinajstić information content (AvgIpc) is 3.23. The summed E-state index contributed by atoms with van der Waals surface area (Å²) in [5.74, 6) is 1.17. The number of rotatable bonds is 4. The van der Waals surface area contributed by atoms with Crippen LogP contribution in [0.3, 0.4) is 0 Å². The Morgan fingerprint density at radius 3 is 3.04 bits per heavy atom. The van der Waals surface area contributed by atoms with Crippen molar-refractivity contribution in [3.05, 3.63) is 63.2 Å². The SMILES string of the molecule is O=c1cc(CNC2=CCCC=C2O)[nH]c2nc(-c3cccs3)nn12. The first-order valence-electron chi connectivity index (χ1n) is 7.57. The number of allylic oxidation sites excluding steroid dienone is 2. The first kappa shape index (κ1) is 14.7. The van der Waals surface area contributed by atoms with Gasteiger partial charge < -0.3 is 15.4 Å². The van der Waals surface area contributed by atoms with Crippen molar-refractivity contribution in [2.24, 2.45) is 0 Å². The van der Waals surface area contributed by atoms with Crippen molar-refractivity contribution in [3.63, 3.8) is 0 Å². The fraction of sp³-hybridized carbons (Fsp3) is 0.188. The van der Waals surface area contributed by atoms with Gasteiger partial charge in [0.2, 0.25) is 5.78 Å². The van der Waals surface area contributed by atoms with E-state index >= 15 is 0 Å². The molecule has 3 heterocycles. The van der Waals surface area contributed by atoms with Crippen molar-refractivity contribution in [1.82, 2.24) is 24.9 Å². The maximum Gasteiger partial charge on any atom is 0.275 e. The Labute approximate surface area is 141 Å². The Balaban J connectivity index is 1.62. The zero-order chi connectivity index (χ0) is 16.5. The topological polar surface area (TPSA) is 95.3 Å². The van der Waals surface area contributed by atoms with Crippen LogP contribution in [0.25, 0.3) is 16.5 Å². The summed E-state index contributed by atoms with van der Waals surface area (Å²) in [6.45, 7) is 0.386. The largest absolute Gasteiger partial charge is 0.506 e.